The van der Waals surface area contributed by atoms with Gasteiger partial charge in [-0.2, -0.15) is 4.31 Å². The molecule has 1 rings (SSSR count). The summed E-state index contributed by atoms with van der Waals surface area (Å²) in [4.78, 5) is 0.202. The summed E-state index contributed by atoms with van der Waals surface area (Å²) in [5, 5.41) is 8.98. The molecular weight excluding hydrogens is 386 g/mol. The number of sulfonamides is 1. The van der Waals surface area contributed by atoms with Gasteiger partial charge in [0.2, 0.25) is 10.0 Å². The number of hydrogen-bond acceptors (Lipinski definition) is 3. The molecule has 7 heteroatoms. The Bertz CT molecular complexity index is 517. The predicted octanol–water partition coefficient (Wildman–Crippen LogP) is 2.60. The van der Waals surface area contributed by atoms with Gasteiger partial charge in [-0.15, -0.1) is 0 Å². The number of aliphatic hydroxyl groups is 1. The summed E-state index contributed by atoms with van der Waals surface area (Å²) in [5.74, 6) is 0. The first-order chi connectivity index (χ1) is 8.30. The Morgan fingerprint density at radius 1 is 1.33 bits per heavy atom. The molecule has 0 atom stereocenters. The summed E-state index contributed by atoms with van der Waals surface area (Å²) < 4.78 is 27.5. The van der Waals surface area contributed by atoms with E-state index in [1.54, 1.807) is 26.0 Å². The molecule has 0 aliphatic rings. The Morgan fingerprint density at radius 3 is 2.39 bits per heavy atom. The van der Waals surface area contributed by atoms with E-state index < -0.39 is 10.0 Å². The van der Waals surface area contributed by atoms with Gasteiger partial charge in [0.25, 0.3) is 0 Å². The fourth-order valence-electron chi connectivity index (χ4n) is 1.57. The van der Waals surface area contributed by atoms with E-state index in [1.165, 1.54) is 10.4 Å². The molecule has 0 heterocycles. The van der Waals surface area contributed by atoms with Crippen LogP contribution in [0.25, 0.3) is 0 Å². The summed E-state index contributed by atoms with van der Waals surface area (Å²) in [6, 6.07) is 4.69. The highest BCUT2D eigenvalue weighted by molar-refractivity contribution is 9.11. The minimum absolute atomic E-state index is 0.0858. The number of hydrogen-bond donors (Lipinski definition) is 1. The minimum Gasteiger partial charge on any atom is -0.395 e. The monoisotopic (exact) mass is 399 g/mol. The van der Waals surface area contributed by atoms with Gasteiger partial charge in [0.15, 0.2) is 0 Å². The molecule has 1 N–H and O–H groups in total. The van der Waals surface area contributed by atoms with Crippen LogP contribution in [0.4, 0.5) is 0 Å². The highest BCUT2D eigenvalue weighted by Gasteiger charge is 2.28. The lowest BCUT2D eigenvalue weighted by atomic mass is 10.4. The minimum atomic E-state index is -3.60. The first-order valence-corrected chi connectivity index (χ1v) is 8.41. The van der Waals surface area contributed by atoms with Gasteiger partial charge in [-0.3, -0.25) is 0 Å². The molecular formula is C11H15Br2NO3S. The molecule has 0 bridgehead atoms. The lowest BCUT2D eigenvalue weighted by Crippen LogP contribution is -2.39. The Kier molecular flexibility index (Phi) is 5.79. The Balaban J connectivity index is 3.26. The van der Waals surface area contributed by atoms with Crippen LogP contribution in [0, 0.1) is 0 Å². The molecule has 0 radical (unpaired) electrons. The average Bonchev–Trinajstić information content (AvgIpc) is 2.24. The Morgan fingerprint density at radius 2 is 1.94 bits per heavy atom. The lowest BCUT2D eigenvalue weighted by Gasteiger charge is -2.25. The normalized spacial score (nSPS) is 12.4. The third kappa shape index (κ3) is 3.54. The summed E-state index contributed by atoms with van der Waals surface area (Å²) >= 11 is 6.53. The van der Waals surface area contributed by atoms with Crippen molar-refractivity contribution in [2.75, 3.05) is 13.2 Å². The van der Waals surface area contributed by atoms with Gasteiger partial charge in [0.1, 0.15) is 0 Å². The van der Waals surface area contributed by atoms with Crippen LogP contribution in [0.1, 0.15) is 13.8 Å². The SMILES string of the molecule is CC(C)N(CCO)S(=O)(=O)c1ccc(Br)cc1Br. The first-order valence-electron chi connectivity index (χ1n) is 5.38. The molecule has 0 aliphatic carbocycles. The molecule has 0 unspecified atom stereocenters. The van der Waals surface area contributed by atoms with Crippen molar-refractivity contribution >= 4 is 41.9 Å². The number of halogens is 2. The number of aliphatic hydroxyl groups excluding tert-OH is 1. The Labute approximate surface area is 124 Å². The molecule has 1 aromatic rings. The summed E-state index contributed by atoms with van der Waals surface area (Å²) in [6.45, 7) is 3.44. The molecule has 0 fully saturated rings. The van der Waals surface area contributed by atoms with E-state index in [-0.39, 0.29) is 24.1 Å². The molecule has 0 aliphatic heterocycles. The van der Waals surface area contributed by atoms with Crippen LogP contribution < -0.4 is 0 Å². The van der Waals surface area contributed by atoms with Crippen molar-refractivity contribution in [1.82, 2.24) is 4.31 Å². The van der Waals surface area contributed by atoms with E-state index in [1.807, 2.05) is 0 Å². The first kappa shape index (κ1) is 16.1. The van der Waals surface area contributed by atoms with E-state index in [4.69, 9.17) is 5.11 Å². The molecule has 0 saturated heterocycles. The molecule has 1 aromatic carbocycles. The standard InChI is InChI=1S/C11H15Br2NO3S/c1-8(2)14(5-6-15)18(16,17)11-4-3-9(12)7-10(11)13/h3-4,7-8,15H,5-6H2,1-2H3. The van der Waals surface area contributed by atoms with Crippen molar-refractivity contribution in [2.24, 2.45) is 0 Å². The van der Waals surface area contributed by atoms with Gasteiger partial charge in [-0.05, 0) is 48.0 Å². The Hall–Kier alpha value is 0.0500. The van der Waals surface area contributed by atoms with Crippen molar-refractivity contribution in [2.45, 2.75) is 24.8 Å². The van der Waals surface area contributed by atoms with Gasteiger partial charge >= 0.3 is 0 Å². The van der Waals surface area contributed by atoms with Crippen LogP contribution in [0.3, 0.4) is 0 Å². The highest BCUT2D eigenvalue weighted by Crippen LogP contribution is 2.28. The van der Waals surface area contributed by atoms with E-state index in [2.05, 4.69) is 31.9 Å². The third-order valence-corrected chi connectivity index (χ3v) is 5.92. The van der Waals surface area contributed by atoms with Gasteiger partial charge in [0, 0.05) is 21.5 Å². The van der Waals surface area contributed by atoms with Crippen LogP contribution in [0.15, 0.2) is 32.0 Å². The fraction of sp³-hybridized carbons (Fsp3) is 0.455. The van der Waals surface area contributed by atoms with Crippen LogP contribution in [0.2, 0.25) is 0 Å². The summed E-state index contributed by atoms with van der Waals surface area (Å²) in [6.07, 6.45) is 0. The predicted molar refractivity (Wildman–Crippen MR) is 78.0 cm³/mol. The van der Waals surface area contributed by atoms with Crippen molar-refractivity contribution in [3.05, 3.63) is 27.1 Å². The second-order valence-corrected chi connectivity index (χ2v) is 7.64. The van der Waals surface area contributed by atoms with Crippen LogP contribution in [-0.2, 0) is 10.0 Å². The van der Waals surface area contributed by atoms with E-state index in [9.17, 15) is 8.42 Å². The van der Waals surface area contributed by atoms with Gasteiger partial charge in [0.05, 0.1) is 11.5 Å². The lowest BCUT2D eigenvalue weighted by molar-refractivity contribution is 0.236. The van der Waals surface area contributed by atoms with Crippen LogP contribution in [0.5, 0.6) is 0 Å². The maximum atomic E-state index is 12.5. The molecule has 4 nitrogen and oxygen atoms in total. The van der Waals surface area contributed by atoms with Crippen molar-refractivity contribution in [3.63, 3.8) is 0 Å². The largest absolute Gasteiger partial charge is 0.395 e. The highest BCUT2D eigenvalue weighted by atomic mass is 79.9. The maximum Gasteiger partial charge on any atom is 0.244 e. The van der Waals surface area contributed by atoms with Crippen molar-refractivity contribution in [3.8, 4) is 0 Å². The molecule has 102 valence electrons. The quantitative estimate of drug-likeness (QED) is 0.826. The summed E-state index contributed by atoms with van der Waals surface area (Å²) in [5.41, 5.74) is 0. The molecule has 0 aromatic heterocycles. The van der Waals surface area contributed by atoms with Gasteiger partial charge in [-0.1, -0.05) is 15.9 Å². The van der Waals surface area contributed by atoms with Crippen LogP contribution in [-0.4, -0.2) is 37.0 Å². The van der Waals surface area contributed by atoms with Gasteiger partial charge < -0.3 is 5.11 Å². The zero-order chi connectivity index (χ0) is 13.9. The second kappa shape index (κ2) is 6.47. The number of nitrogens with zero attached hydrogens (tertiary/aromatic N) is 1. The third-order valence-electron chi connectivity index (χ3n) is 2.38. The summed E-state index contributed by atoms with van der Waals surface area (Å²) in [7, 11) is -3.60. The van der Waals surface area contributed by atoms with E-state index in [0.717, 1.165) is 4.47 Å². The maximum absolute atomic E-state index is 12.5. The van der Waals surface area contributed by atoms with E-state index >= 15 is 0 Å². The second-order valence-electron chi connectivity index (χ2n) is 4.01. The topological polar surface area (TPSA) is 57.6 Å². The van der Waals surface area contributed by atoms with E-state index in [0.29, 0.717) is 4.47 Å². The number of benzene rings is 1. The van der Waals surface area contributed by atoms with Gasteiger partial charge in [-0.25, -0.2) is 8.42 Å². The van der Waals surface area contributed by atoms with Crippen molar-refractivity contribution < 1.29 is 13.5 Å². The van der Waals surface area contributed by atoms with Crippen molar-refractivity contribution in [1.29, 1.82) is 0 Å². The fourth-order valence-corrected chi connectivity index (χ4v) is 4.90. The average molecular weight is 401 g/mol. The molecule has 0 amide bonds. The zero-order valence-corrected chi connectivity index (χ0v) is 14.1. The smallest absolute Gasteiger partial charge is 0.244 e. The number of rotatable bonds is 5. The van der Waals surface area contributed by atoms with Crippen LogP contribution >= 0.6 is 31.9 Å². The molecule has 0 spiro atoms. The molecule has 0 saturated carbocycles. The zero-order valence-electron chi connectivity index (χ0n) is 10.1. The molecule has 18 heavy (non-hydrogen) atoms.